The molecule has 0 bridgehead atoms. The maximum Gasteiger partial charge on any atom is 0.316 e. The largest absolute Gasteiger partial charge is 0.494 e. The monoisotopic (exact) mass is 326 g/mol. The van der Waals surface area contributed by atoms with Crippen LogP contribution in [-0.2, 0) is 0 Å². The lowest BCUT2D eigenvalue weighted by Crippen LogP contribution is -2.27. The third-order valence-corrected chi connectivity index (χ3v) is 4.05. The van der Waals surface area contributed by atoms with Crippen molar-refractivity contribution in [3.63, 3.8) is 0 Å². The van der Waals surface area contributed by atoms with Gasteiger partial charge in [-0.1, -0.05) is 0 Å². The molecule has 0 aliphatic carbocycles. The summed E-state index contributed by atoms with van der Waals surface area (Å²) in [7, 11) is 1.58. The van der Waals surface area contributed by atoms with Crippen molar-refractivity contribution in [1.82, 2.24) is 24.6 Å². The second kappa shape index (κ2) is 5.95. The van der Waals surface area contributed by atoms with Crippen LogP contribution in [0.1, 0.15) is 12.1 Å². The van der Waals surface area contributed by atoms with Crippen LogP contribution >= 0.6 is 0 Å². The van der Waals surface area contributed by atoms with Gasteiger partial charge in [-0.05, 0) is 6.92 Å². The van der Waals surface area contributed by atoms with Gasteiger partial charge in [0.1, 0.15) is 11.9 Å². The van der Waals surface area contributed by atoms with E-state index in [1.165, 1.54) is 0 Å². The van der Waals surface area contributed by atoms with Crippen molar-refractivity contribution in [2.24, 2.45) is 0 Å². The number of methoxy groups -OCH3 is 1. The van der Waals surface area contributed by atoms with E-state index in [4.69, 9.17) is 9.47 Å². The van der Waals surface area contributed by atoms with Gasteiger partial charge in [0.25, 0.3) is 0 Å². The number of hydrogen-bond acceptors (Lipinski definition) is 7. The van der Waals surface area contributed by atoms with Crippen molar-refractivity contribution < 1.29 is 9.47 Å². The Morgan fingerprint density at radius 1 is 1.25 bits per heavy atom. The minimum atomic E-state index is 0.0393. The summed E-state index contributed by atoms with van der Waals surface area (Å²) in [6.45, 7) is 3.64. The number of aryl methyl sites for hydroxylation is 1. The number of aromatic nitrogens is 5. The average Bonchev–Trinajstić information content (AvgIpc) is 3.24. The standard InChI is InChI=1S/C16H18N6O2/c1-11-7-15(22-14(20-11)3-5-19-22)21-6-4-12(10-21)24-16-17-8-13(23-2)9-18-16/h3,5,7-9,12H,4,6,10H2,1-2H3. The molecule has 0 amide bonds. The molecule has 0 saturated carbocycles. The van der Waals surface area contributed by atoms with Crippen LogP contribution in [0.4, 0.5) is 5.82 Å². The first kappa shape index (κ1) is 14.7. The highest BCUT2D eigenvalue weighted by atomic mass is 16.5. The van der Waals surface area contributed by atoms with Gasteiger partial charge >= 0.3 is 6.01 Å². The van der Waals surface area contributed by atoms with E-state index in [0.717, 1.165) is 36.7 Å². The van der Waals surface area contributed by atoms with E-state index in [2.05, 4.69) is 25.0 Å². The van der Waals surface area contributed by atoms with Crippen LogP contribution in [0.15, 0.2) is 30.7 Å². The Balaban J connectivity index is 1.50. The Kier molecular flexibility index (Phi) is 3.64. The van der Waals surface area contributed by atoms with Gasteiger partial charge in [-0.3, -0.25) is 0 Å². The van der Waals surface area contributed by atoms with Crippen LogP contribution in [0.25, 0.3) is 5.65 Å². The molecule has 0 aromatic carbocycles. The van der Waals surface area contributed by atoms with Crippen LogP contribution in [0.5, 0.6) is 11.8 Å². The molecule has 24 heavy (non-hydrogen) atoms. The lowest BCUT2D eigenvalue weighted by molar-refractivity contribution is 0.205. The Labute approximate surface area is 139 Å². The summed E-state index contributed by atoms with van der Waals surface area (Å²) < 4.78 is 12.8. The third kappa shape index (κ3) is 2.70. The molecule has 3 aromatic rings. The molecule has 0 N–H and O–H groups in total. The zero-order valence-electron chi connectivity index (χ0n) is 13.6. The van der Waals surface area contributed by atoms with E-state index in [1.807, 2.05) is 23.6 Å². The molecule has 8 heteroatoms. The fourth-order valence-corrected chi connectivity index (χ4v) is 2.90. The van der Waals surface area contributed by atoms with Gasteiger partial charge in [0.05, 0.1) is 32.2 Å². The number of anilines is 1. The molecule has 4 heterocycles. The van der Waals surface area contributed by atoms with Crippen molar-refractivity contribution in [3.8, 4) is 11.8 Å². The van der Waals surface area contributed by atoms with Gasteiger partial charge in [-0.25, -0.2) is 4.98 Å². The minimum Gasteiger partial charge on any atom is -0.494 e. The van der Waals surface area contributed by atoms with Gasteiger partial charge < -0.3 is 14.4 Å². The van der Waals surface area contributed by atoms with Crippen molar-refractivity contribution in [1.29, 1.82) is 0 Å². The van der Waals surface area contributed by atoms with Gasteiger partial charge in [0.15, 0.2) is 11.4 Å². The van der Waals surface area contributed by atoms with E-state index in [0.29, 0.717) is 11.8 Å². The maximum atomic E-state index is 5.89. The molecule has 1 unspecified atom stereocenters. The molecule has 1 atom stereocenters. The fraction of sp³-hybridized carbons (Fsp3) is 0.375. The number of nitrogens with zero attached hydrogens (tertiary/aromatic N) is 6. The molecule has 8 nitrogen and oxygen atoms in total. The average molecular weight is 326 g/mol. The summed E-state index contributed by atoms with van der Waals surface area (Å²) >= 11 is 0. The quantitative estimate of drug-likeness (QED) is 0.719. The molecule has 0 radical (unpaired) electrons. The van der Waals surface area contributed by atoms with Crippen molar-refractivity contribution >= 4 is 11.5 Å². The molecule has 0 spiro atoms. The molecular weight excluding hydrogens is 308 g/mol. The van der Waals surface area contributed by atoms with Gasteiger partial charge in [-0.15, -0.1) is 0 Å². The minimum absolute atomic E-state index is 0.0393. The normalized spacial score (nSPS) is 17.4. The Hall–Kier alpha value is -2.90. The lowest BCUT2D eigenvalue weighted by Gasteiger charge is -2.19. The van der Waals surface area contributed by atoms with E-state index in [9.17, 15) is 0 Å². The Morgan fingerprint density at radius 2 is 2.08 bits per heavy atom. The predicted octanol–water partition coefficient (Wildman–Crippen LogP) is 1.49. The summed E-state index contributed by atoms with van der Waals surface area (Å²) in [5.74, 6) is 1.65. The summed E-state index contributed by atoms with van der Waals surface area (Å²) in [4.78, 5) is 15.1. The zero-order chi connectivity index (χ0) is 16.5. The van der Waals surface area contributed by atoms with E-state index in [-0.39, 0.29) is 6.10 Å². The highest BCUT2D eigenvalue weighted by molar-refractivity contribution is 5.51. The molecule has 124 valence electrons. The lowest BCUT2D eigenvalue weighted by atomic mass is 10.3. The molecule has 1 fully saturated rings. The van der Waals surface area contributed by atoms with Crippen LogP contribution < -0.4 is 14.4 Å². The van der Waals surface area contributed by atoms with E-state index in [1.54, 1.807) is 25.7 Å². The van der Waals surface area contributed by atoms with E-state index >= 15 is 0 Å². The molecule has 3 aromatic heterocycles. The molecule has 4 rings (SSSR count). The highest BCUT2D eigenvalue weighted by Gasteiger charge is 2.27. The Bertz CT molecular complexity index is 847. The smallest absolute Gasteiger partial charge is 0.316 e. The highest BCUT2D eigenvalue weighted by Crippen LogP contribution is 2.23. The first-order valence-corrected chi connectivity index (χ1v) is 7.82. The first-order chi connectivity index (χ1) is 11.7. The number of fused-ring (bicyclic) bond motifs is 1. The van der Waals surface area contributed by atoms with Crippen molar-refractivity contribution in [2.75, 3.05) is 25.1 Å². The maximum absolute atomic E-state index is 5.89. The van der Waals surface area contributed by atoms with Crippen LogP contribution in [0, 0.1) is 6.92 Å². The molecule has 1 aliphatic heterocycles. The zero-order valence-corrected chi connectivity index (χ0v) is 13.6. The fourth-order valence-electron chi connectivity index (χ4n) is 2.90. The number of ether oxygens (including phenoxy) is 2. The number of rotatable bonds is 4. The first-order valence-electron chi connectivity index (χ1n) is 7.82. The number of hydrogen-bond donors (Lipinski definition) is 0. The summed E-state index contributed by atoms with van der Waals surface area (Å²) in [5.41, 5.74) is 1.83. The van der Waals surface area contributed by atoms with Crippen molar-refractivity contribution in [3.05, 3.63) is 36.4 Å². The summed E-state index contributed by atoms with van der Waals surface area (Å²) in [5, 5.41) is 4.37. The van der Waals surface area contributed by atoms with Crippen molar-refractivity contribution in [2.45, 2.75) is 19.4 Å². The van der Waals surface area contributed by atoms with Gasteiger partial charge in [0, 0.05) is 30.8 Å². The van der Waals surface area contributed by atoms with Crippen LogP contribution in [-0.4, -0.2) is 50.9 Å². The molecular formula is C16H18N6O2. The van der Waals surface area contributed by atoms with Gasteiger partial charge in [-0.2, -0.15) is 19.6 Å². The molecule has 1 aliphatic rings. The van der Waals surface area contributed by atoms with Gasteiger partial charge in [0.2, 0.25) is 0 Å². The van der Waals surface area contributed by atoms with Crippen LogP contribution in [0.3, 0.4) is 0 Å². The second-order valence-corrected chi connectivity index (χ2v) is 5.74. The molecule has 1 saturated heterocycles. The van der Waals surface area contributed by atoms with Crippen LogP contribution in [0.2, 0.25) is 0 Å². The van der Waals surface area contributed by atoms with E-state index < -0.39 is 0 Å². The third-order valence-electron chi connectivity index (χ3n) is 4.05. The SMILES string of the molecule is COc1cnc(OC2CCN(c3cc(C)nc4ccnn34)C2)nc1. The summed E-state index contributed by atoms with van der Waals surface area (Å²) in [6.07, 6.45) is 5.92. The summed E-state index contributed by atoms with van der Waals surface area (Å²) in [6, 6.07) is 4.33. The predicted molar refractivity (Wildman–Crippen MR) is 87.6 cm³/mol. The second-order valence-electron chi connectivity index (χ2n) is 5.74. The Morgan fingerprint density at radius 3 is 2.88 bits per heavy atom. The topological polar surface area (TPSA) is 77.7 Å².